The Hall–Kier alpha value is -6.42. The van der Waals surface area contributed by atoms with Crippen molar-refractivity contribution < 1.29 is 19.1 Å². The fourth-order valence-electron chi connectivity index (χ4n) is 7.26. The van der Waals surface area contributed by atoms with Crippen LogP contribution < -0.4 is 22.1 Å². The molecule has 0 aliphatic carbocycles. The predicted molar refractivity (Wildman–Crippen MR) is 220 cm³/mol. The minimum atomic E-state index is -0.580. The number of nitrogens with one attached hydrogen (secondary N) is 2. The highest BCUT2D eigenvalue weighted by Gasteiger charge is 2.28. The van der Waals surface area contributed by atoms with Crippen LogP contribution in [0.3, 0.4) is 0 Å². The zero-order valence-electron chi connectivity index (χ0n) is 34.4. The zero-order chi connectivity index (χ0) is 42.2. The number of rotatable bonds is 16. The number of esters is 2. The van der Waals surface area contributed by atoms with E-state index in [9.17, 15) is 9.59 Å². The van der Waals surface area contributed by atoms with Gasteiger partial charge in [-0.05, 0) is 77.3 Å². The van der Waals surface area contributed by atoms with E-state index in [0.29, 0.717) is 47.2 Å². The minimum absolute atomic E-state index is 0.163. The summed E-state index contributed by atoms with van der Waals surface area (Å²) in [5.41, 5.74) is 15.8. The van der Waals surface area contributed by atoms with Gasteiger partial charge in [-0.1, -0.05) is 26.7 Å². The summed E-state index contributed by atoms with van der Waals surface area (Å²) in [4.78, 5) is 34.5. The number of anilines is 2. The van der Waals surface area contributed by atoms with Gasteiger partial charge in [0, 0.05) is 6.07 Å². The summed E-state index contributed by atoms with van der Waals surface area (Å²) >= 11 is 0. The number of nitrogens with zero attached hydrogens (tertiary/aromatic N) is 14. The van der Waals surface area contributed by atoms with E-state index in [1.807, 2.05) is 0 Å². The van der Waals surface area contributed by atoms with Crippen molar-refractivity contribution in [2.45, 2.75) is 103 Å². The van der Waals surface area contributed by atoms with Crippen LogP contribution >= 0.6 is 0 Å². The van der Waals surface area contributed by atoms with E-state index in [2.05, 4.69) is 65.1 Å². The molecule has 2 aliphatic rings. The summed E-state index contributed by atoms with van der Waals surface area (Å²) in [6.45, 7) is 5.78. The van der Waals surface area contributed by atoms with E-state index in [1.165, 1.54) is 42.3 Å². The normalized spacial score (nSPS) is 17.2. The first-order valence-corrected chi connectivity index (χ1v) is 20.5. The standard InChI is InChI=1S/C38H52N18O4/c1-5-7-13-25-31(47-49-35-23(37(57)59-3)20-45-55(35)27-15-9-11-17-41-27)33(39)53(51-25)29-19-30(44-22-43-29)54-34(40)32(26(52-54)14-8-6-2)48-50-36-24(38(58)60-4)21-46-56(36)28-16-10-12-18-42-28/h19-22,27-28,41-42H,5-18,39-40H2,1-4H3. The van der Waals surface area contributed by atoms with Gasteiger partial charge in [-0.2, -0.15) is 29.8 Å². The molecule has 0 saturated carbocycles. The number of azo groups is 2. The highest BCUT2D eigenvalue weighted by atomic mass is 16.5. The Morgan fingerprint density at radius 3 is 1.55 bits per heavy atom. The van der Waals surface area contributed by atoms with Crippen molar-refractivity contribution in [1.82, 2.24) is 59.7 Å². The Kier molecular flexibility index (Phi) is 13.3. The fraction of sp³-hybridized carbons (Fsp3) is 0.526. The van der Waals surface area contributed by atoms with Crippen molar-refractivity contribution >= 4 is 46.6 Å². The molecule has 2 fully saturated rings. The Labute approximate surface area is 346 Å². The molecule has 0 spiro atoms. The second-order valence-electron chi connectivity index (χ2n) is 14.6. The number of carbonyl (C=O) groups excluding carboxylic acids is 2. The number of piperidine rings is 2. The molecule has 5 aromatic rings. The van der Waals surface area contributed by atoms with Gasteiger partial charge in [-0.15, -0.1) is 20.5 Å². The first-order chi connectivity index (χ1) is 29.3. The highest BCUT2D eigenvalue weighted by Crippen LogP contribution is 2.36. The number of unbranched alkanes of at least 4 members (excludes halogenated alkanes) is 2. The third-order valence-corrected chi connectivity index (χ3v) is 10.5. The van der Waals surface area contributed by atoms with Gasteiger partial charge in [-0.25, -0.2) is 28.9 Å². The second-order valence-corrected chi connectivity index (χ2v) is 14.6. The molecule has 6 N–H and O–H groups in total. The molecule has 0 amide bonds. The maximum Gasteiger partial charge on any atom is 0.343 e. The SMILES string of the molecule is CCCCc1nn(-c2cc(-n3nc(CCCC)c(N=Nc4c(C(=O)OC)cnn4C4CCCCN4)c3N)ncn2)c(N)c1N=Nc1c(C(=O)OC)cnn1C1CCCCN1. The average Bonchev–Trinajstić information content (AvgIpc) is 4.06. The third-order valence-electron chi connectivity index (χ3n) is 10.5. The summed E-state index contributed by atoms with van der Waals surface area (Å²) in [5, 5.41) is 43.8. The topological polar surface area (TPSA) is 275 Å². The monoisotopic (exact) mass is 824 g/mol. The molecule has 5 aromatic heterocycles. The van der Waals surface area contributed by atoms with Crippen LogP contribution in [0.4, 0.5) is 34.6 Å². The van der Waals surface area contributed by atoms with E-state index in [1.54, 1.807) is 15.4 Å². The van der Waals surface area contributed by atoms with Gasteiger partial charge in [0.15, 0.2) is 46.3 Å². The second kappa shape index (κ2) is 19.1. The van der Waals surface area contributed by atoms with Gasteiger partial charge in [0.25, 0.3) is 0 Å². The molecule has 22 nitrogen and oxygen atoms in total. The van der Waals surface area contributed by atoms with Crippen molar-refractivity contribution in [3.8, 4) is 11.6 Å². The lowest BCUT2D eigenvalue weighted by atomic mass is 10.1. The Balaban J connectivity index is 1.25. The molecular formula is C38H52N18O4. The van der Waals surface area contributed by atoms with E-state index in [0.717, 1.165) is 77.3 Å². The maximum absolute atomic E-state index is 12.8. The van der Waals surface area contributed by atoms with Crippen LogP contribution in [0.1, 0.15) is 122 Å². The lowest BCUT2D eigenvalue weighted by Gasteiger charge is -2.24. The number of hydrogen-bond acceptors (Lipinski definition) is 18. The molecule has 0 aromatic carbocycles. The first kappa shape index (κ1) is 41.7. The van der Waals surface area contributed by atoms with Crippen molar-refractivity contribution in [3.63, 3.8) is 0 Å². The van der Waals surface area contributed by atoms with Crippen LogP contribution in [0.15, 0.2) is 45.2 Å². The molecule has 7 rings (SSSR count). The Bertz CT molecular complexity index is 2190. The zero-order valence-corrected chi connectivity index (χ0v) is 34.4. The summed E-state index contributed by atoms with van der Waals surface area (Å²) in [6.07, 6.45) is 14.2. The molecule has 60 heavy (non-hydrogen) atoms. The van der Waals surface area contributed by atoms with Crippen molar-refractivity contribution in [3.05, 3.63) is 47.3 Å². The number of aromatic nitrogens is 10. The average molecular weight is 825 g/mol. The Morgan fingerprint density at radius 2 is 1.17 bits per heavy atom. The van der Waals surface area contributed by atoms with Gasteiger partial charge in [0.2, 0.25) is 0 Å². The third kappa shape index (κ3) is 8.64. The summed E-state index contributed by atoms with van der Waals surface area (Å²) < 4.78 is 16.3. The summed E-state index contributed by atoms with van der Waals surface area (Å²) in [5.74, 6) is 0.328. The number of methoxy groups -OCH3 is 2. The molecule has 2 saturated heterocycles. The van der Waals surface area contributed by atoms with Crippen LogP contribution in [0.25, 0.3) is 11.6 Å². The molecule has 2 unspecified atom stereocenters. The number of nitrogen functional groups attached to an aromatic ring is 2. The van der Waals surface area contributed by atoms with Gasteiger partial charge in [0.05, 0.1) is 38.0 Å². The molecule has 0 radical (unpaired) electrons. The molecule has 2 aliphatic heterocycles. The van der Waals surface area contributed by atoms with Gasteiger partial charge in [0.1, 0.15) is 29.8 Å². The molecule has 22 heteroatoms. The lowest BCUT2D eigenvalue weighted by molar-refractivity contribution is 0.0592. The number of ether oxygens (including phenoxy) is 2. The minimum Gasteiger partial charge on any atom is -0.465 e. The summed E-state index contributed by atoms with van der Waals surface area (Å²) in [6, 6.07) is 1.65. The van der Waals surface area contributed by atoms with Crippen LogP contribution in [0.2, 0.25) is 0 Å². The number of carbonyl (C=O) groups is 2. The highest BCUT2D eigenvalue weighted by molar-refractivity contribution is 5.94. The van der Waals surface area contributed by atoms with E-state index >= 15 is 0 Å². The predicted octanol–water partition coefficient (Wildman–Crippen LogP) is 6.04. The molecule has 7 heterocycles. The van der Waals surface area contributed by atoms with Crippen molar-refractivity contribution in [2.75, 3.05) is 38.8 Å². The number of hydrogen-bond donors (Lipinski definition) is 4. The quantitative estimate of drug-likeness (QED) is 0.0653. The Morgan fingerprint density at radius 1 is 0.717 bits per heavy atom. The fourth-order valence-corrected chi connectivity index (χ4v) is 7.26. The van der Waals surface area contributed by atoms with Gasteiger partial charge < -0.3 is 20.9 Å². The van der Waals surface area contributed by atoms with E-state index in [-0.39, 0.29) is 46.7 Å². The van der Waals surface area contributed by atoms with Gasteiger partial charge in [-0.3, -0.25) is 10.6 Å². The van der Waals surface area contributed by atoms with Crippen molar-refractivity contribution in [2.24, 2.45) is 20.5 Å². The van der Waals surface area contributed by atoms with Crippen LogP contribution in [-0.4, -0.2) is 88.3 Å². The molecule has 318 valence electrons. The molecular weight excluding hydrogens is 773 g/mol. The van der Waals surface area contributed by atoms with Gasteiger partial charge >= 0.3 is 11.9 Å². The molecule has 0 bridgehead atoms. The van der Waals surface area contributed by atoms with E-state index in [4.69, 9.17) is 31.1 Å². The molecule has 2 atom stereocenters. The lowest BCUT2D eigenvalue weighted by Crippen LogP contribution is -2.31. The van der Waals surface area contributed by atoms with Crippen LogP contribution in [0, 0.1) is 0 Å². The van der Waals surface area contributed by atoms with Crippen LogP contribution in [0.5, 0.6) is 0 Å². The maximum atomic E-state index is 12.8. The van der Waals surface area contributed by atoms with Crippen molar-refractivity contribution in [1.29, 1.82) is 0 Å². The largest absolute Gasteiger partial charge is 0.465 e. The first-order valence-electron chi connectivity index (χ1n) is 20.5. The smallest absolute Gasteiger partial charge is 0.343 e. The number of aryl methyl sites for hydroxylation is 2. The van der Waals surface area contributed by atoms with Crippen LogP contribution in [-0.2, 0) is 22.3 Å². The van der Waals surface area contributed by atoms with E-state index < -0.39 is 11.9 Å². The number of nitrogens with two attached hydrogens (primary N) is 2. The summed E-state index contributed by atoms with van der Waals surface area (Å²) in [7, 11) is 2.62.